The van der Waals surface area contributed by atoms with Crippen LogP contribution in [0, 0.1) is 0 Å². The fourth-order valence-corrected chi connectivity index (χ4v) is 2.31. The Kier molecular flexibility index (Phi) is 7.46. The van der Waals surface area contributed by atoms with E-state index in [1.54, 1.807) is 24.3 Å². The van der Waals surface area contributed by atoms with Gasteiger partial charge in [-0.05, 0) is 36.4 Å². The molecule has 0 saturated carbocycles. The largest absolute Gasteiger partial charge is 0.493 e. The topological polar surface area (TPSA) is 135 Å². The highest BCUT2D eigenvalue weighted by Gasteiger charge is 2.18. The van der Waals surface area contributed by atoms with E-state index in [-0.39, 0.29) is 35.3 Å². The van der Waals surface area contributed by atoms with Gasteiger partial charge >= 0.3 is 0 Å². The molecule has 0 bridgehead atoms. The van der Waals surface area contributed by atoms with Crippen molar-refractivity contribution in [2.45, 2.75) is 0 Å². The number of primary amides is 1. The summed E-state index contributed by atoms with van der Waals surface area (Å²) in [6, 6.07) is 9.84. The Morgan fingerprint density at radius 3 is 2.11 bits per heavy atom. The highest BCUT2D eigenvalue weighted by Crippen LogP contribution is 2.38. The standard InChI is InChI=1S/C19H23N3O6/c1-25-15-9-12(10-16(26-2)18(15)28-11-17(21)23)19(24)22-13-3-5-14(6-4-13)27-8-7-20/h3-6,9-10H,7-8,11,20H2,1-2H3,(H2,21,23)(H,22,24). The van der Waals surface area contributed by atoms with Crippen molar-refractivity contribution in [2.24, 2.45) is 11.5 Å². The summed E-state index contributed by atoms with van der Waals surface area (Å²) in [5.41, 5.74) is 11.4. The number of amides is 2. The van der Waals surface area contributed by atoms with Crippen LogP contribution in [-0.4, -0.2) is 45.8 Å². The van der Waals surface area contributed by atoms with Gasteiger partial charge in [0.1, 0.15) is 12.4 Å². The second kappa shape index (κ2) is 10.0. The number of carbonyl (C=O) groups is 2. The number of benzene rings is 2. The van der Waals surface area contributed by atoms with E-state index in [0.29, 0.717) is 24.6 Å². The molecule has 0 radical (unpaired) electrons. The van der Waals surface area contributed by atoms with Gasteiger partial charge in [0, 0.05) is 17.8 Å². The quantitative estimate of drug-likeness (QED) is 0.555. The highest BCUT2D eigenvalue weighted by atomic mass is 16.5. The number of anilines is 1. The van der Waals surface area contributed by atoms with Crippen LogP contribution in [-0.2, 0) is 4.79 Å². The molecular weight excluding hydrogens is 366 g/mol. The number of ether oxygens (including phenoxy) is 4. The zero-order chi connectivity index (χ0) is 20.5. The van der Waals surface area contributed by atoms with Crippen LogP contribution < -0.4 is 35.7 Å². The molecule has 2 amide bonds. The highest BCUT2D eigenvalue weighted by molar-refractivity contribution is 6.05. The summed E-state index contributed by atoms with van der Waals surface area (Å²) in [6.07, 6.45) is 0. The molecule has 0 atom stereocenters. The molecule has 2 rings (SSSR count). The lowest BCUT2D eigenvalue weighted by Gasteiger charge is -2.15. The number of hydrogen-bond donors (Lipinski definition) is 3. The van der Waals surface area contributed by atoms with Crippen LogP contribution >= 0.6 is 0 Å². The zero-order valence-corrected chi connectivity index (χ0v) is 15.7. The van der Waals surface area contributed by atoms with Crippen molar-refractivity contribution in [2.75, 3.05) is 39.3 Å². The first kappa shape index (κ1) is 20.8. The van der Waals surface area contributed by atoms with Crippen molar-refractivity contribution < 1.29 is 28.5 Å². The van der Waals surface area contributed by atoms with Crippen molar-refractivity contribution in [1.82, 2.24) is 0 Å². The molecule has 28 heavy (non-hydrogen) atoms. The first-order chi connectivity index (χ1) is 13.5. The second-order valence-corrected chi connectivity index (χ2v) is 5.58. The van der Waals surface area contributed by atoms with Crippen molar-refractivity contribution in [3.8, 4) is 23.0 Å². The predicted molar refractivity (Wildman–Crippen MR) is 103 cm³/mol. The fourth-order valence-electron chi connectivity index (χ4n) is 2.31. The number of nitrogens with one attached hydrogen (secondary N) is 1. The third-order valence-corrected chi connectivity index (χ3v) is 3.58. The molecule has 2 aromatic carbocycles. The number of methoxy groups -OCH3 is 2. The minimum absolute atomic E-state index is 0.182. The molecule has 150 valence electrons. The van der Waals surface area contributed by atoms with Crippen LogP contribution in [0.3, 0.4) is 0 Å². The summed E-state index contributed by atoms with van der Waals surface area (Å²) < 4.78 is 21.2. The lowest BCUT2D eigenvalue weighted by molar-refractivity contribution is -0.120. The van der Waals surface area contributed by atoms with Crippen LogP contribution in [0.15, 0.2) is 36.4 Å². The Labute approximate surface area is 162 Å². The van der Waals surface area contributed by atoms with Gasteiger partial charge in [0.05, 0.1) is 14.2 Å². The van der Waals surface area contributed by atoms with Gasteiger partial charge in [0.25, 0.3) is 11.8 Å². The third kappa shape index (κ3) is 5.52. The van der Waals surface area contributed by atoms with E-state index in [9.17, 15) is 9.59 Å². The molecule has 0 aliphatic carbocycles. The second-order valence-electron chi connectivity index (χ2n) is 5.58. The number of rotatable bonds is 10. The molecular formula is C19H23N3O6. The van der Waals surface area contributed by atoms with E-state index in [4.69, 9.17) is 30.4 Å². The van der Waals surface area contributed by atoms with Gasteiger partial charge in [-0.3, -0.25) is 9.59 Å². The van der Waals surface area contributed by atoms with Crippen LogP contribution in [0.25, 0.3) is 0 Å². The molecule has 0 spiro atoms. The van der Waals surface area contributed by atoms with Crippen LogP contribution in [0.1, 0.15) is 10.4 Å². The van der Waals surface area contributed by atoms with Gasteiger partial charge in [-0.15, -0.1) is 0 Å². The SMILES string of the molecule is COc1cc(C(=O)Nc2ccc(OCCN)cc2)cc(OC)c1OCC(N)=O. The molecule has 9 nitrogen and oxygen atoms in total. The molecule has 0 heterocycles. The molecule has 0 aliphatic rings. The Balaban J connectivity index is 2.19. The van der Waals surface area contributed by atoms with Gasteiger partial charge in [0.15, 0.2) is 18.1 Å². The summed E-state index contributed by atoms with van der Waals surface area (Å²) in [5.74, 6) is 0.274. The minimum atomic E-state index is -0.648. The first-order valence-electron chi connectivity index (χ1n) is 8.40. The summed E-state index contributed by atoms with van der Waals surface area (Å²) in [6.45, 7) is 0.480. The summed E-state index contributed by atoms with van der Waals surface area (Å²) >= 11 is 0. The van der Waals surface area contributed by atoms with Crippen LogP contribution in [0.5, 0.6) is 23.0 Å². The summed E-state index contributed by atoms with van der Waals surface area (Å²) in [4.78, 5) is 23.6. The normalized spacial score (nSPS) is 10.1. The van der Waals surface area contributed by atoms with E-state index in [2.05, 4.69) is 5.32 Å². The van der Waals surface area contributed by atoms with E-state index in [1.807, 2.05) is 0 Å². The van der Waals surface area contributed by atoms with Gasteiger partial charge in [-0.25, -0.2) is 0 Å². The smallest absolute Gasteiger partial charge is 0.255 e. The first-order valence-corrected chi connectivity index (χ1v) is 8.40. The Morgan fingerprint density at radius 2 is 1.61 bits per heavy atom. The fraction of sp³-hybridized carbons (Fsp3) is 0.263. The van der Waals surface area contributed by atoms with Crippen molar-refractivity contribution in [1.29, 1.82) is 0 Å². The average Bonchev–Trinajstić information content (AvgIpc) is 2.70. The van der Waals surface area contributed by atoms with E-state index in [0.717, 1.165) is 0 Å². The Hall–Kier alpha value is -3.46. The maximum atomic E-state index is 12.6. The lowest BCUT2D eigenvalue weighted by atomic mass is 10.1. The molecule has 0 fully saturated rings. The maximum Gasteiger partial charge on any atom is 0.255 e. The molecule has 9 heteroatoms. The predicted octanol–water partition coefficient (Wildman–Crippen LogP) is 1.16. The van der Waals surface area contributed by atoms with Gasteiger partial charge in [0.2, 0.25) is 5.75 Å². The van der Waals surface area contributed by atoms with Gasteiger partial charge < -0.3 is 35.7 Å². The van der Waals surface area contributed by atoms with Crippen LogP contribution in [0.2, 0.25) is 0 Å². The van der Waals surface area contributed by atoms with Crippen molar-refractivity contribution in [3.63, 3.8) is 0 Å². The Morgan fingerprint density at radius 1 is 1.00 bits per heavy atom. The summed E-state index contributed by atoms with van der Waals surface area (Å²) in [7, 11) is 2.82. The van der Waals surface area contributed by atoms with Crippen molar-refractivity contribution in [3.05, 3.63) is 42.0 Å². The number of carbonyl (C=O) groups excluding carboxylic acids is 2. The van der Waals surface area contributed by atoms with E-state index < -0.39 is 5.91 Å². The van der Waals surface area contributed by atoms with Gasteiger partial charge in [-0.1, -0.05) is 0 Å². The number of nitrogens with two attached hydrogens (primary N) is 2. The molecule has 2 aromatic rings. The van der Waals surface area contributed by atoms with E-state index in [1.165, 1.54) is 26.4 Å². The molecule has 0 aliphatic heterocycles. The molecule has 5 N–H and O–H groups in total. The molecule has 0 aromatic heterocycles. The van der Waals surface area contributed by atoms with Gasteiger partial charge in [-0.2, -0.15) is 0 Å². The third-order valence-electron chi connectivity index (χ3n) is 3.58. The number of hydrogen-bond acceptors (Lipinski definition) is 7. The molecule has 0 saturated heterocycles. The summed E-state index contributed by atoms with van der Waals surface area (Å²) in [5, 5.41) is 2.77. The monoisotopic (exact) mass is 389 g/mol. The average molecular weight is 389 g/mol. The minimum Gasteiger partial charge on any atom is -0.493 e. The van der Waals surface area contributed by atoms with Crippen LogP contribution in [0.4, 0.5) is 5.69 Å². The Bertz CT molecular complexity index is 798. The van der Waals surface area contributed by atoms with E-state index >= 15 is 0 Å². The lowest BCUT2D eigenvalue weighted by Crippen LogP contribution is -2.20. The zero-order valence-electron chi connectivity index (χ0n) is 15.7. The molecule has 0 unspecified atom stereocenters. The maximum absolute atomic E-state index is 12.6. The van der Waals surface area contributed by atoms with Crippen molar-refractivity contribution >= 4 is 17.5 Å².